The predicted octanol–water partition coefficient (Wildman–Crippen LogP) is -0.337. The number of carbonyl (C=O) groups excluding carboxylic acids is 1. The van der Waals surface area contributed by atoms with E-state index in [1.807, 2.05) is 0 Å². The first-order chi connectivity index (χ1) is 6.33. The molecule has 13 heavy (non-hydrogen) atoms. The van der Waals surface area contributed by atoms with E-state index in [0.717, 1.165) is 0 Å². The molecule has 6 heteroatoms. The van der Waals surface area contributed by atoms with Crippen molar-refractivity contribution in [3.05, 3.63) is 11.6 Å². The van der Waals surface area contributed by atoms with E-state index >= 15 is 0 Å². The Kier molecular flexibility index (Phi) is 4.37. The summed E-state index contributed by atoms with van der Waals surface area (Å²) in [7, 11) is 0. The van der Waals surface area contributed by atoms with Crippen molar-refractivity contribution in [3.63, 3.8) is 0 Å². The van der Waals surface area contributed by atoms with E-state index in [-0.39, 0.29) is 19.1 Å². The quantitative estimate of drug-likeness (QED) is 0.570. The van der Waals surface area contributed by atoms with E-state index < -0.39 is 0 Å². The summed E-state index contributed by atoms with van der Waals surface area (Å²) in [6.07, 6.45) is 1.63. The fourth-order valence-electron chi connectivity index (χ4n) is 0.730. The number of thiazole rings is 1. The Morgan fingerprint density at radius 3 is 3.15 bits per heavy atom. The maximum Gasteiger partial charge on any atom is 0.240 e. The second-order valence-electron chi connectivity index (χ2n) is 2.29. The summed E-state index contributed by atoms with van der Waals surface area (Å²) in [6.45, 7) is 0.649. The number of nitrogens with zero attached hydrogens (tertiary/aromatic N) is 1. The van der Waals surface area contributed by atoms with E-state index in [2.05, 4.69) is 15.6 Å². The molecule has 1 heterocycles. The Hall–Kier alpha value is -0.980. The molecule has 1 aromatic rings. The van der Waals surface area contributed by atoms with Crippen LogP contribution in [0.5, 0.6) is 0 Å². The summed E-state index contributed by atoms with van der Waals surface area (Å²) in [6, 6.07) is 0. The highest BCUT2D eigenvalue weighted by Crippen LogP contribution is 2.09. The summed E-state index contributed by atoms with van der Waals surface area (Å²) in [4.78, 5) is 15.0. The average molecular weight is 201 g/mol. The monoisotopic (exact) mass is 201 g/mol. The summed E-state index contributed by atoms with van der Waals surface area (Å²) in [5.74, 6) is -0.150. The molecule has 3 N–H and O–H groups in total. The average Bonchev–Trinajstić information content (AvgIpc) is 2.57. The number of rotatable bonds is 5. The molecule has 0 bridgehead atoms. The van der Waals surface area contributed by atoms with Gasteiger partial charge < -0.3 is 15.7 Å². The lowest BCUT2D eigenvalue weighted by Gasteiger charge is -2.01. The van der Waals surface area contributed by atoms with Crippen molar-refractivity contribution < 1.29 is 9.90 Å². The van der Waals surface area contributed by atoms with E-state index in [1.54, 1.807) is 11.6 Å². The van der Waals surface area contributed by atoms with Crippen LogP contribution in [-0.4, -0.2) is 35.7 Å². The highest BCUT2D eigenvalue weighted by atomic mass is 32.1. The molecule has 0 fully saturated rings. The minimum absolute atomic E-state index is 0.0323. The molecule has 5 nitrogen and oxygen atoms in total. The smallest absolute Gasteiger partial charge is 0.240 e. The Morgan fingerprint density at radius 2 is 2.54 bits per heavy atom. The van der Waals surface area contributed by atoms with Crippen molar-refractivity contribution in [3.8, 4) is 0 Å². The van der Waals surface area contributed by atoms with Gasteiger partial charge in [0, 0.05) is 18.1 Å². The Balaban J connectivity index is 2.18. The third-order valence-electron chi connectivity index (χ3n) is 1.25. The highest BCUT2D eigenvalue weighted by molar-refractivity contribution is 7.13. The number of aliphatic hydroxyl groups excluding tert-OH is 1. The van der Waals surface area contributed by atoms with Crippen LogP contribution in [0.2, 0.25) is 0 Å². The van der Waals surface area contributed by atoms with Gasteiger partial charge in [0.2, 0.25) is 5.91 Å². The first kappa shape index (κ1) is 10.1. The number of anilines is 1. The molecule has 0 aliphatic rings. The third kappa shape index (κ3) is 3.97. The summed E-state index contributed by atoms with van der Waals surface area (Å²) < 4.78 is 0. The second-order valence-corrected chi connectivity index (χ2v) is 3.18. The van der Waals surface area contributed by atoms with E-state index in [9.17, 15) is 4.79 Å². The van der Waals surface area contributed by atoms with Crippen molar-refractivity contribution in [1.29, 1.82) is 0 Å². The van der Waals surface area contributed by atoms with Crippen LogP contribution in [0.3, 0.4) is 0 Å². The number of nitrogens with one attached hydrogen (secondary N) is 2. The van der Waals surface area contributed by atoms with Crippen LogP contribution in [0.1, 0.15) is 0 Å². The molecule has 0 aromatic carbocycles. The molecular formula is C7H11N3O2S. The maximum absolute atomic E-state index is 11.1. The number of aromatic nitrogens is 1. The van der Waals surface area contributed by atoms with Crippen molar-refractivity contribution in [2.75, 3.05) is 25.0 Å². The van der Waals surface area contributed by atoms with Crippen molar-refractivity contribution in [2.24, 2.45) is 0 Å². The molecule has 0 radical (unpaired) electrons. The molecular weight excluding hydrogens is 190 g/mol. The largest absolute Gasteiger partial charge is 0.395 e. The lowest BCUT2D eigenvalue weighted by atomic mass is 10.5. The van der Waals surface area contributed by atoms with Gasteiger partial charge in [0.1, 0.15) is 0 Å². The standard InChI is InChI=1S/C7H11N3O2S/c11-3-1-8-5-6(12)10-7-9-2-4-13-7/h2,4,8,11H,1,3,5H2,(H,9,10,12). The third-order valence-corrected chi connectivity index (χ3v) is 1.94. The zero-order valence-corrected chi connectivity index (χ0v) is 7.80. The minimum atomic E-state index is -0.150. The van der Waals surface area contributed by atoms with Gasteiger partial charge in [0.15, 0.2) is 5.13 Å². The molecule has 1 amide bonds. The van der Waals surface area contributed by atoms with Crippen LogP contribution in [0.4, 0.5) is 5.13 Å². The lowest BCUT2D eigenvalue weighted by Crippen LogP contribution is -2.29. The molecule has 0 saturated heterocycles. The Morgan fingerprint density at radius 1 is 1.69 bits per heavy atom. The van der Waals surface area contributed by atoms with Crippen molar-refractivity contribution in [1.82, 2.24) is 10.3 Å². The molecule has 0 saturated carbocycles. The van der Waals surface area contributed by atoms with Gasteiger partial charge in [-0.25, -0.2) is 4.98 Å². The fraction of sp³-hybridized carbons (Fsp3) is 0.429. The molecule has 72 valence electrons. The molecule has 0 aliphatic heterocycles. The number of hydrogen-bond donors (Lipinski definition) is 3. The van der Waals surface area contributed by atoms with Gasteiger partial charge in [0.25, 0.3) is 0 Å². The molecule has 0 aliphatic carbocycles. The molecule has 0 unspecified atom stereocenters. The Bertz CT molecular complexity index is 250. The topological polar surface area (TPSA) is 74.2 Å². The zero-order chi connectivity index (χ0) is 9.52. The van der Waals surface area contributed by atoms with Crippen LogP contribution in [0, 0.1) is 0 Å². The first-order valence-electron chi connectivity index (χ1n) is 3.84. The number of carbonyl (C=O) groups is 1. The first-order valence-corrected chi connectivity index (χ1v) is 4.72. The van der Waals surface area contributed by atoms with Gasteiger partial charge >= 0.3 is 0 Å². The van der Waals surface area contributed by atoms with Crippen LogP contribution in [0.25, 0.3) is 0 Å². The van der Waals surface area contributed by atoms with Crippen LogP contribution < -0.4 is 10.6 Å². The van der Waals surface area contributed by atoms with Gasteiger partial charge in [-0.05, 0) is 0 Å². The molecule has 0 atom stereocenters. The summed E-state index contributed by atoms with van der Waals surface area (Å²) in [5, 5.41) is 16.2. The highest BCUT2D eigenvalue weighted by Gasteiger charge is 2.01. The second kappa shape index (κ2) is 5.63. The zero-order valence-electron chi connectivity index (χ0n) is 6.99. The number of aliphatic hydroxyl groups is 1. The van der Waals surface area contributed by atoms with Crippen LogP contribution in [-0.2, 0) is 4.79 Å². The molecule has 0 spiro atoms. The maximum atomic E-state index is 11.1. The van der Waals surface area contributed by atoms with E-state index in [0.29, 0.717) is 11.7 Å². The number of amides is 1. The van der Waals surface area contributed by atoms with Crippen LogP contribution in [0.15, 0.2) is 11.6 Å². The molecule has 1 aromatic heterocycles. The lowest BCUT2D eigenvalue weighted by molar-refractivity contribution is -0.115. The predicted molar refractivity (Wildman–Crippen MR) is 50.7 cm³/mol. The minimum Gasteiger partial charge on any atom is -0.395 e. The SMILES string of the molecule is O=C(CNCCO)Nc1nccs1. The van der Waals surface area contributed by atoms with Gasteiger partial charge in [-0.3, -0.25) is 4.79 Å². The summed E-state index contributed by atoms with van der Waals surface area (Å²) >= 11 is 1.37. The normalized spacial score (nSPS) is 9.92. The fourth-order valence-corrected chi connectivity index (χ4v) is 1.27. The van der Waals surface area contributed by atoms with Crippen molar-refractivity contribution >= 4 is 22.4 Å². The summed E-state index contributed by atoms with van der Waals surface area (Å²) in [5.41, 5.74) is 0. The van der Waals surface area contributed by atoms with E-state index in [4.69, 9.17) is 5.11 Å². The van der Waals surface area contributed by atoms with Gasteiger partial charge in [-0.15, -0.1) is 11.3 Å². The van der Waals surface area contributed by atoms with E-state index in [1.165, 1.54) is 11.3 Å². The van der Waals surface area contributed by atoms with Gasteiger partial charge in [-0.1, -0.05) is 0 Å². The van der Waals surface area contributed by atoms with Gasteiger partial charge in [0.05, 0.1) is 13.2 Å². The molecule has 1 rings (SSSR count). The number of hydrogen-bond acceptors (Lipinski definition) is 5. The van der Waals surface area contributed by atoms with Gasteiger partial charge in [-0.2, -0.15) is 0 Å². The van der Waals surface area contributed by atoms with Crippen LogP contribution >= 0.6 is 11.3 Å². The Labute approximate surface area is 79.8 Å². The van der Waals surface area contributed by atoms with Crippen molar-refractivity contribution in [2.45, 2.75) is 0 Å².